The topological polar surface area (TPSA) is 42.7 Å². The fourth-order valence-corrected chi connectivity index (χ4v) is 0.972. The van der Waals surface area contributed by atoms with E-state index in [0.29, 0.717) is 0 Å². The molecule has 0 aliphatic rings. The number of rotatable bonds is 6. The average molecular weight is 180 g/mol. The Balaban J connectivity index is 1.99. The van der Waals surface area contributed by atoms with Crippen molar-refractivity contribution in [1.82, 2.24) is 20.3 Å². The Morgan fingerprint density at radius 1 is 1.54 bits per heavy atom. The van der Waals surface area contributed by atoms with Crippen LogP contribution in [-0.2, 0) is 6.54 Å². The van der Waals surface area contributed by atoms with E-state index in [2.05, 4.69) is 22.2 Å². The summed E-state index contributed by atoms with van der Waals surface area (Å²) in [5.41, 5.74) is 1.22. The maximum Gasteiger partial charge on any atom is 0.0692 e. The summed E-state index contributed by atoms with van der Waals surface area (Å²) in [6.07, 6.45) is 4.59. The SMILES string of the molecule is C=C(C)CCNCCn1ccnn1. The lowest BCUT2D eigenvalue weighted by atomic mass is 10.2. The molecule has 0 fully saturated rings. The van der Waals surface area contributed by atoms with Crippen molar-refractivity contribution in [3.8, 4) is 0 Å². The Bertz CT molecular complexity index is 240. The molecular weight excluding hydrogens is 164 g/mol. The van der Waals surface area contributed by atoms with Crippen molar-refractivity contribution in [3.63, 3.8) is 0 Å². The van der Waals surface area contributed by atoms with Gasteiger partial charge in [-0.1, -0.05) is 10.8 Å². The van der Waals surface area contributed by atoms with Gasteiger partial charge in [-0.05, 0) is 19.9 Å². The van der Waals surface area contributed by atoms with Gasteiger partial charge in [0.25, 0.3) is 0 Å². The largest absolute Gasteiger partial charge is 0.315 e. The van der Waals surface area contributed by atoms with Crippen LogP contribution in [0.3, 0.4) is 0 Å². The minimum atomic E-state index is 0.871. The molecule has 0 spiro atoms. The zero-order valence-corrected chi connectivity index (χ0v) is 8.03. The van der Waals surface area contributed by atoms with E-state index in [1.807, 2.05) is 17.8 Å². The second kappa shape index (κ2) is 5.48. The second-order valence-electron chi connectivity index (χ2n) is 3.12. The molecule has 0 atom stereocenters. The van der Waals surface area contributed by atoms with Gasteiger partial charge < -0.3 is 5.32 Å². The molecular formula is C9H16N4. The van der Waals surface area contributed by atoms with Crippen molar-refractivity contribution < 1.29 is 0 Å². The molecule has 0 aliphatic heterocycles. The van der Waals surface area contributed by atoms with E-state index in [4.69, 9.17) is 0 Å². The molecule has 13 heavy (non-hydrogen) atoms. The molecule has 0 aliphatic carbocycles. The highest BCUT2D eigenvalue weighted by atomic mass is 15.4. The minimum absolute atomic E-state index is 0.871. The van der Waals surface area contributed by atoms with E-state index < -0.39 is 0 Å². The quantitative estimate of drug-likeness (QED) is 0.521. The third-order valence-corrected chi connectivity index (χ3v) is 1.72. The van der Waals surface area contributed by atoms with Crippen molar-refractivity contribution in [1.29, 1.82) is 0 Å². The normalized spacial score (nSPS) is 10.2. The van der Waals surface area contributed by atoms with Crippen molar-refractivity contribution in [2.45, 2.75) is 19.9 Å². The monoisotopic (exact) mass is 180 g/mol. The molecule has 0 radical (unpaired) electrons. The lowest BCUT2D eigenvalue weighted by Crippen LogP contribution is -2.21. The smallest absolute Gasteiger partial charge is 0.0692 e. The summed E-state index contributed by atoms with van der Waals surface area (Å²) < 4.78 is 1.81. The fourth-order valence-electron chi connectivity index (χ4n) is 0.972. The Kier molecular flexibility index (Phi) is 4.18. The van der Waals surface area contributed by atoms with Crippen LogP contribution in [0.25, 0.3) is 0 Å². The number of hydrogen-bond donors (Lipinski definition) is 1. The average Bonchev–Trinajstić information content (AvgIpc) is 2.55. The third-order valence-electron chi connectivity index (χ3n) is 1.72. The first-order valence-electron chi connectivity index (χ1n) is 4.48. The Labute approximate surface area is 78.6 Å². The number of nitrogens with one attached hydrogen (secondary N) is 1. The van der Waals surface area contributed by atoms with Gasteiger partial charge in [0, 0.05) is 12.7 Å². The highest BCUT2D eigenvalue weighted by molar-refractivity contribution is 4.88. The van der Waals surface area contributed by atoms with Crippen molar-refractivity contribution in [3.05, 3.63) is 24.5 Å². The number of nitrogens with zero attached hydrogens (tertiary/aromatic N) is 3. The van der Waals surface area contributed by atoms with Gasteiger partial charge in [-0.2, -0.15) is 0 Å². The molecule has 0 saturated heterocycles. The molecule has 0 saturated carbocycles. The van der Waals surface area contributed by atoms with E-state index in [1.54, 1.807) is 6.20 Å². The van der Waals surface area contributed by atoms with Gasteiger partial charge in [0.15, 0.2) is 0 Å². The summed E-state index contributed by atoms with van der Waals surface area (Å²) in [5, 5.41) is 10.9. The number of hydrogen-bond acceptors (Lipinski definition) is 3. The van der Waals surface area contributed by atoms with Gasteiger partial charge in [0.05, 0.1) is 12.7 Å². The molecule has 0 bridgehead atoms. The van der Waals surface area contributed by atoms with Crippen LogP contribution in [0, 0.1) is 0 Å². The van der Waals surface area contributed by atoms with Crippen LogP contribution in [0.1, 0.15) is 13.3 Å². The molecule has 1 aromatic rings. The lowest BCUT2D eigenvalue weighted by molar-refractivity contribution is 0.541. The van der Waals surface area contributed by atoms with Crippen molar-refractivity contribution in [2.75, 3.05) is 13.1 Å². The Hall–Kier alpha value is -1.16. The van der Waals surface area contributed by atoms with E-state index >= 15 is 0 Å². The van der Waals surface area contributed by atoms with E-state index in [-0.39, 0.29) is 0 Å². The molecule has 4 heteroatoms. The zero-order chi connectivity index (χ0) is 9.52. The first kappa shape index (κ1) is 9.92. The molecule has 4 nitrogen and oxygen atoms in total. The predicted molar refractivity (Wildman–Crippen MR) is 52.3 cm³/mol. The predicted octanol–water partition coefficient (Wildman–Crippen LogP) is 0.834. The number of aromatic nitrogens is 3. The summed E-state index contributed by atoms with van der Waals surface area (Å²) >= 11 is 0. The molecule has 1 heterocycles. The van der Waals surface area contributed by atoms with Crippen LogP contribution >= 0.6 is 0 Å². The van der Waals surface area contributed by atoms with Gasteiger partial charge in [-0.3, -0.25) is 4.68 Å². The van der Waals surface area contributed by atoms with Gasteiger partial charge in [0.1, 0.15) is 0 Å². The highest BCUT2D eigenvalue weighted by Crippen LogP contribution is 1.91. The second-order valence-corrected chi connectivity index (χ2v) is 3.12. The van der Waals surface area contributed by atoms with Gasteiger partial charge in [-0.25, -0.2) is 0 Å². The lowest BCUT2D eigenvalue weighted by Gasteiger charge is -2.03. The summed E-state index contributed by atoms with van der Waals surface area (Å²) in [6, 6.07) is 0. The third kappa shape index (κ3) is 4.42. The van der Waals surface area contributed by atoms with Gasteiger partial charge in [0.2, 0.25) is 0 Å². The molecule has 0 aromatic carbocycles. The molecule has 0 unspecified atom stereocenters. The Morgan fingerprint density at radius 3 is 3.00 bits per heavy atom. The van der Waals surface area contributed by atoms with Gasteiger partial charge >= 0.3 is 0 Å². The van der Waals surface area contributed by atoms with Crippen LogP contribution in [0.2, 0.25) is 0 Å². The van der Waals surface area contributed by atoms with Crippen molar-refractivity contribution >= 4 is 0 Å². The maximum absolute atomic E-state index is 3.86. The molecule has 1 rings (SSSR count). The van der Waals surface area contributed by atoms with Crippen LogP contribution in [0.15, 0.2) is 24.5 Å². The minimum Gasteiger partial charge on any atom is -0.315 e. The van der Waals surface area contributed by atoms with E-state index in [1.165, 1.54) is 5.57 Å². The molecule has 0 amide bonds. The summed E-state index contributed by atoms with van der Waals surface area (Å²) in [7, 11) is 0. The standard InChI is InChI=1S/C9H16N4/c1-9(2)3-4-10-5-7-13-8-6-11-12-13/h6,8,10H,1,3-5,7H2,2H3. The van der Waals surface area contributed by atoms with E-state index in [0.717, 1.165) is 26.1 Å². The highest BCUT2D eigenvalue weighted by Gasteiger charge is 1.91. The van der Waals surface area contributed by atoms with Gasteiger partial charge in [-0.15, -0.1) is 11.7 Å². The van der Waals surface area contributed by atoms with Crippen LogP contribution < -0.4 is 5.32 Å². The van der Waals surface area contributed by atoms with E-state index in [9.17, 15) is 0 Å². The summed E-state index contributed by atoms with van der Waals surface area (Å²) in [5.74, 6) is 0. The Morgan fingerprint density at radius 2 is 2.38 bits per heavy atom. The van der Waals surface area contributed by atoms with Crippen LogP contribution in [-0.4, -0.2) is 28.1 Å². The maximum atomic E-state index is 3.86. The van der Waals surface area contributed by atoms with Crippen LogP contribution in [0.4, 0.5) is 0 Å². The summed E-state index contributed by atoms with van der Waals surface area (Å²) in [6.45, 7) is 8.66. The molecule has 72 valence electrons. The summed E-state index contributed by atoms with van der Waals surface area (Å²) in [4.78, 5) is 0. The van der Waals surface area contributed by atoms with Crippen LogP contribution in [0.5, 0.6) is 0 Å². The molecule has 1 aromatic heterocycles. The molecule has 1 N–H and O–H groups in total. The first-order valence-corrected chi connectivity index (χ1v) is 4.48. The fraction of sp³-hybridized carbons (Fsp3) is 0.556. The first-order chi connectivity index (χ1) is 6.29. The zero-order valence-electron chi connectivity index (χ0n) is 8.03. The van der Waals surface area contributed by atoms with Crippen molar-refractivity contribution in [2.24, 2.45) is 0 Å².